The molecule has 1 fully saturated rings. The molecular weight excluding hydrogens is 406 g/mol. The summed E-state index contributed by atoms with van der Waals surface area (Å²) in [6, 6.07) is 22.4. The number of piperidine rings is 1. The Bertz CT molecular complexity index is 1140. The fourth-order valence-corrected chi connectivity index (χ4v) is 5.76. The quantitative estimate of drug-likeness (QED) is 0.587. The minimum Gasteiger partial charge on any atom is -0.303 e. The molecule has 158 valence electrons. The second-order valence-electron chi connectivity index (χ2n) is 7.87. The second-order valence-corrected chi connectivity index (χ2v) is 10.1. The lowest BCUT2D eigenvalue weighted by molar-refractivity contribution is 0.232. The zero-order valence-electron chi connectivity index (χ0n) is 17.3. The molecule has 0 spiro atoms. The molecule has 1 aromatic heterocycles. The molecular formula is C25H25N3O2S. The Morgan fingerprint density at radius 2 is 1.58 bits per heavy atom. The minimum absolute atomic E-state index is 0.334. The van der Waals surface area contributed by atoms with Crippen molar-refractivity contribution in [2.75, 3.05) is 19.6 Å². The normalized spacial score (nSPS) is 15.5. The maximum Gasteiger partial charge on any atom is 0.181 e. The van der Waals surface area contributed by atoms with Gasteiger partial charge in [-0.15, -0.1) is 0 Å². The molecule has 0 atom stereocenters. The largest absolute Gasteiger partial charge is 0.303 e. The molecule has 1 aliphatic heterocycles. The van der Waals surface area contributed by atoms with E-state index in [1.165, 1.54) is 0 Å². The van der Waals surface area contributed by atoms with Crippen LogP contribution in [0.15, 0.2) is 77.8 Å². The van der Waals surface area contributed by atoms with Crippen LogP contribution in [0.1, 0.15) is 24.1 Å². The SMILES string of the molecule is N#Cc1ccc(-c2ccc(S(=O)(=O)C3CCN(CCc4ccccn4)CC3)cc2)cc1. The van der Waals surface area contributed by atoms with Gasteiger partial charge in [-0.2, -0.15) is 5.26 Å². The molecule has 4 rings (SSSR count). The fraction of sp³-hybridized carbons (Fsp3) is 0.280. The molecule has 0 aliphatic carbocycles. The number of nitriles is 1. The standard InChI is InChI=1S/C25H25N3O2S/c26-19-20-4-6-21(7-5-20)22-8-10-24(11-9-22)31(29,30)25-13-17-28(18-14-25)16-12-23-3-1-2-15-27-23/h1-11,15,25H,12-14,16-18H2. The Morgan fingerprint density at radius 1 is 0.935 bits per heavy atom. The molecule has 0 radical (unpaired) electrons. The molecule has 1 saturated heterocycles. The third-order valence-electron chi connectivity index (χ3n) is 5.91. The topological polar surface area (TPSA) is 74.1 Å². The van der Waals surface area contributed by atoms with Crippen molar-refractivity contribution in [3.05, 3.63) is 84.2 Å². The Balaban J connectivity index is 1.36. The van der Waals surface area contributed by atoms with E-state index in [-0.39, 0.29) is 5.25 Å². The Morgan fingerprint density at radius 3 is 2.16 bits per heavy atom. The summed E-state index contributed by atoms with van der Waals surface area (Å²) in [5.74, 6) is 0. The zero-order valence-corrected chi connectivity index (χ0v) is 18.1. The highest BCUT2D eigenvalue weighted by Crippen LogP contribution is 2.27. The first kappa shape index (κ1) is 21.2. The van der Waals surface area contributed by atoms with Crippen molar-refractivity contribution in [2.45, 2.75) is 29.4 Å². The van der Waals surface area contributed by atoms with Gasteiger partial charge in [-0.05, 0) is 73.5 Å². The summed E-state index contributed by atoms with van der Waals surface area (Å²) in [6.07, 6.45) is 4.00. The average molecular weight is 432 g/mol. The lowest BCUT2D eigenvalue weighted by Gasteiger charge is -2.31. The van der Waals surface area contributed by atoms with Crippen molar-refractivity contribution in [2.24, 2.45) is 0 Å². The van der Waals surface area contributed by atoms with E-state index < -0.39 is 9.84 Å². The first-order chi connectivity index (χ1) is 15.1. The number of likely N-dealkylation sites (tertiary alicyclic amines) is 1. The molecule has 0 bridgehead atoms. The number of sulfone groups is 1. The van der Waals surface area contributed by atoms with E-state index >= 15 is 0 Å². The van der Waals surface area contributed by atoms with Crippen LogP contribution in [0, 0.1) is 11.3 Å². The van der Waals surface area contributed by atoms with Crippen LogP contribution in [0.3, 0.4) is 0 Å². The van der Waals surface area contributed by atoms with Crippen LogP contribution in [-0.2, 0) is 16.3 Å². The molecule has 0 N–H and O–H groups in total. The molecule has 1 aliphatic rings. The van der Waals surface area contributed by atoms with Crippen LogP contribution in [0.5, 0.6) is 0 Å². The van der Waals surface area contributed by atoms with Gasteiger partial charge in [0.1, 0.15) is 0 Å². The molecule has 2 heterocycles. The second kappa shape index (κ2) is 9.42. The van der Waals surface area contributed by atoms with Gasteiger partial charge in [-0.25, -0.2) is 8.42 Å². The summed E-state index contributed by atoms with van der Waals surface area (Å²) < 4.78 is 26.3. The van der Waals surface area contributed by atoms with Gasteiger partial charge in [0.15, 0.2) is 9.84 Å². The van der Waals surface area contributed by atoms with Gasteiger partial charge in [0.25, 0.3) is 0 Å². The van der Waals surface area contributed by atoms with Gasteiger partial charge in [-0.1, -0.05) is 30.3 Å². The first-order valence-corrected chi connectivity index (χ1v) is 12.1. The average Bonchev–Trinajstić information content (AvgIpc) is 2.84. The van der Waals surface area contributed by atoms with Crippen LogP contribution < -0.4 is 0 Å². The van der Waals surface area contributed by atoms with Gasteiger partial charge >= 0.3 is 0 Å². The number of benzene rings is 2. The highest BCUT2D eigenvalue weighted by atomic mass is 32.2. The van der Waals surface area contributed by atoms with Crippen LogP contribution in [0.25, 0.3) is 11.1 Å². The summed E-state index contributed by atoms with van der Waals surface area (Å²) in [7, 11) is -3.34. The van der Waals surface area contributed by atoms with E-state index in [1.807, 2.05) is 42.5 Å². The summed E-state index contributed by atoms with van der Waals surface area (Å²) in [5, 5.41) is 8.59. The van der Waals surface area contributed by atoms with Crippen molar-refractivity contribution in [3.8, 4) is 17.2 Å². The fourth-order valence-electron chi connectivity index (χ4n) is 4.03. The maximum absolute atomic E-state index is 13.1. The predicted molar refractivity (Wildman–Crippen MR) is 121 cm³/mol. The smallest absolute Gasteiger partial charge is 0.181 e. The molecule has 5 nitrogen and oxygen atoms in total. The van der Waals surface area contributed by atoms with E-state index in [4.69, 9.17) is 5.26 Å². The van der Waals surface area contributed by atoms with Crippen molar-refractivity contribution < 1.29 is 8.42 Å². The summed E-state index contributed by atoms with van der Waals surface area (Å²) in [6.45, 7) is 2.49. The number of nitrogens with zero attached hydrogens (tertiary/aromatic N) is 3. The van der Waals surface area contributed by atoms with E-state index in [9.17, 15) is 8.42 Å². The Labute approximate surface area is 183 Å². The number of pyridine rings is 1. The van der Waals surface area contributed by atoms with Gasteiger partial charge in [0, 0.05) is 24.9 Å². The third kappa shape index (κ3) is 5.01. The predicted octanol–water partition coefficient (Wildman–Crippen LogP) is 4.10. The van der Waals surface area contributed by atoms with Crippen molar-refractivity contribution in [3.63, 3.8) is 0 Å². The van der Waals surface area contributed by atoms with Crippen molar-refractivity contribution in [1.29, 1.82) is 5.26 Å². The van der Waals surface area contributed by atoms with E-state index in [2.05, 4.69) is 16.0 Å². The van der Waals surface area contributed by atoms with E-state index in [1.54, 1.807) is 30.5 Å². The van der Waals surface area contributed by atoms with Gasteiger partial charge in [0.2, 0.25) is 0 Å². The molecule has 2 aromatic carbocycles. The monoisotopic (exact) mass is 431 g/mol. The summed E-state index contributed by atoms with van der Waals surface area (Å²) in [5.41, 5.74) is 3.57. The van der Waals surface area contributed by atoms with Crippen molar-refractivity contribution in [1.82, 2.24) is 9.88 Å². The van der Waals surface area contributed by atoms with Crippen LogP contribution >= 0.6 is 0 Å². The minimum atomic E-state index is -3.34. The molecule has 0 amide bonds. The Hall–Kier alpha value is -3.01. The lowest BCUT2D eigenvalue weighted by Crippen LogP contribution is -2.40. The van der Waals surface area contributed by atoms with Gasteiger partial charge < -0.3 is 4.90 Å². The molecule has 6 heteroatoms. The highest BCUT2D eigenvalue weighted by molar-refractivity contribution is 7.92. The maximum atomic E-state index is 13.1. The van der Waals surface area contributed by atoms with E-state index in [0.717, 1.165) is 42.9 Å². The van der Waals surface area contributed by atoms with E-state index in [0.29, 0.717) is 23.3 Å². The highest BCUT2D eigenvalue weighted by Gasteiger charge is 2.31. The summed E-state index contributed by atoms with van der Waals surface area (Å²) in [4.78, 5) is 7.07. The van der Waals surface area contributed by atoms with Crippen LogP contribution in [0.4, 0.5) is 0 Å². The van der Waals surface area contributed by atoms with Crippen LogP contribution in [0.2, 0.25) is 0 Å². The third-order valence-corrected chi connectivity index (χ3v) is 8.19. The van der Waals surface area contributed by atoms with Gasteiger partial charge in [0.05, 0.1) is 21.8 Å². The molecule has 0 unspecified atom stereocenters. The van der Waals surface area contributed by atoms with Crippen molar-refractivity contribution >= 4 is 9.84 Å². The Kier molecular flexibility index (Phi) is 6.45. The lowest BCUT2D eigenvalue weighted by atomic mass is 10.0. The number of hydrogen-bond donors (Lipinski definition) is 0. The first-order valence-electron chi connectivity index (χ1n) is 10.5. The molecule has 31 heavy (non-hydrogen) atoms. The van der Waals surface area contributed by atoms with Crippen LogP contribution in [-0.4, -0.2) is 43.2 Å². The zero-order chi connectivity index (χ0) is 21.7. The van der Waals surface area contributed by atoms with Gasteiger partial charge in [-0.3, -0.25) is 4.98 Å². The number of aromatic nitrogens is 1. The summed E-state index contributed by atoms with van der Waals surface area (Å²) >= 11 is 0. The number of rotatable bonds is 6. The molecule has 3 aromatic rings. The molecule has 0 saturated carbocycles. The number of hydrogen-bond acceptors (Lipinski definition) is 5.